The van der Waals surface area contributed by atoms with Crippen LogP contribution in [-0.4, -0.2) is 46.9 Å². The number of piperidine rings is 1. The van der Waals surface area contributed by atoms with Gasteiger partial charge >= 0.3 is 0 Å². The van der Waals surface area contributed by atoms with Gasteiger partial charge in [0.1, 0.15) is 5.75 Å². The molecule has 0 spiro atoms. The third-order valence-corrected chi connectivity index (χ3v) is 5.56. The topological polar surface area (TPSA) is 71.5 Å². The summed E-state index contributed by atoms with van der Waals surface area (Å²) in [5.74, 6) is 0.669. The van der Waals surface area contributed by atoms with Crippen LogP contribution in [0.15, 0.2) is 48.8 Å². The highest BCUT2D eigenvalue weighted by atomic mass is 16.5. The van der Waals surface area contributed by atoms with Crippen molar-refractivity contribution < 1.29 is 14.3 Å². The normalized spacial score (nSPS) is 23.7. The van der Waals surface area contributed by atoms with Gasteiger partial charge in [-0.3, -0.25) is 14.6 Å². The predicted molar refractivity (Wildman–Crippen MR) is 101 cm³/mol. The van der Waals surface area contributed by atoms with Gasteiger partial charge in [0.05, 0.1) is 7.11 Å². The quantitative estimate of drug-likeness (QED) is 0.904. The summed E-state index contributed by atoms with van der Waals surface area (Å²) >= 11 is 0. The van der Waals surface area contributed by atoms with E-state index in [0.29, 0.717) is 16.9 Å². The van der Waals surface area contributed by atoms with Gasteiger partial charge in [-0.25, -0.2) is 0 Å². The Kier molecular flexibility index (Phi) is 4.79. The van der Waals surface area contributed by atoms with Crippen molar-refractivity contribution in [1.29, 1.82) is 0 Å². The van der Waals surface area contributed by atoms with Crippen LogP contribution in [0.4, 0.5) is 0 Å². The number of methoxy groups -OCH3 is 1. The van der Waals surface area contributed by atoms with Crippen molar-refractivity contribution >= 4 is 11.8 Å². The third-order valence-electron chi connectivity index (χ3n) is 5.56. The van der Waals surface area contributed by atoms with Crippen LogP contribution in [-0.2, 0) is 0 Å². The molecule has 1 aromatic heterocycles. The first-order chi connectivity index (χ1) is 13.2. The number of benzene rings is 1. The molecule has 1 N–H and O–H groups in total. The van der Waals surface area contributed by atoms with Gasteiger partial charge < -0.3 is 15.0 Å². The second kappa shape index (κ2) is 7.39. The van der Waals surface area contributed by atoms with E-state index < -0.39 is 0 Å². The van der Waals surface area contributed by atoms with Gasteiger partial charge in [0.2, 0.25) is 0 Å². The fraction of sp³-hybridized carbons (Fsp3) is 0.381. The van der Waals surface area contributed by atoms with Crippen molar-refractivity contribution in [3.8, 4) is 5.75 Å². The SMILES string of the molecule is COc1cccc(C(=O)N2[C@@H]3CC[C@H]2CC(NC(=O)c2ccncc2)C3)c1. The maximum atomic E-state index is 13.1. The van der Waals surface area contributed by atoms with Gasteiger partial charge in [0.25, 0.3) is 11.8 Å². The lowest BCUT2D eigenvalue weighted by molar-refractivity contribution is 0.0549. The molecular weight excluding hydrogens is 342 g/mol. The standard InChI is InChI=1S/C21H23N3O3/c1-27-19-4-2-3-15(11-19)21(26)24-17-5-6-18(24)13-16(12-17)23-20(25)14-7-9-22-10-8-14/h2-4,7-11,16-18H,5-6,12-13H2,1H3,(H,23,25)/t16?,17-,18+. The molecule has 2 aliphatic heterocycles. The van der Waals surface area contributed by atoms with Crippen molar-refractivity contribution in [3.05, 3.63) is 59.9 Å². The van der Waals surface area contributed by atoms with Gasteiger partial charge in [-0.15, -0.1) is 0 Å². The van der Waals surface area contributed by atoms with E-state index in [0.717, 1.165) is 25.7 Å². The fourth-order valence-corrected chi connectivity index (χ4v) is 4.30. The van der Waals surface area contributed by atoms with Gasteiger partial charge in [0.15, 0.2) is 0 Å². The second-order valence-corrected chi connectivity index (χ2v) is 7.21. The molecule has 4 rings (SSSR count). The van der Waals surface area contributed by atoms with Crippen LogP contribution in [0.1, 0.15) is 46.4 Å². The second-order valence-electron chi connectivity index (χ2n) is 7.21. The van der Waals surface area contributed by atoms with E-state index in [-0.39, 0.29) is 29.9 Å². The first-order valence-electron chi connectivity index (χ1n) is 9.33. The fourth-order valence-electron chi connectivity index (χ4n) is 4.30. The van der Waals surface area contributed by atoms with Gasteiger partial charge in [-0.05, 0) is 56.0 Å². The lowest BCUT2D eigenvalue weighted by atomic mass is 9.96. The van der Waals surface area contributed by atoms with Crippen LogP contribution >= 0.6 is 0 Å². The largest absolute Gasteiger partial charge is 0.497 e. The Morgan fingerprint density at radius 2 is 1.78 bits per heavy atom. The Morgan fingerprint density at radius 3 is 2.44 bits per heavy atom. The molecule has 3 heterocycles. The number of fused-ring (bicyclic) bond motifs is 2. The molecule has 6 heteroatoms. The zero-order chi connectivity index (χ0) is 18.8. The smallest absolute Gasteiger partial charge is 0.254 e. The molecule has 3 atom stereocenters. The third kappa shape index (κ3) is 3.52. The number of carbonyl (C=O) groups is 2. The number of aromatic nitrogens is 1. The van der Waals surface area contributed by atoms with E-state index in [9.17, 15) is 9.59 Å². The predicted octanol–water partition coefficient (Wildman–Crippen LogP) is 2.66. The number of amides is 2. The minimum absolute atomic E-state index is 0.0558. The van der Waals surface area contributed by atoms with E-state index in [2.05, 4.69) is 10.3 Å². The number of hydrogen-bond donors (Lipinski definition) is 1. The highest BCUT2D eigenvalue weighted by Gasteiger charge is 2.43. The molecule has 1 aromatic carbocycles. The molecular formula is C21H23N3O3. The molecule has 2 aromatic rings. The number of ether oxygens (including phenoxy) is 1. The van der Waals surface area contributed by atoms with Crippen molar-refractivity contribution in [2.45, 2.75) is 43.8 Å². The molecule has 0 aliphatic carbocycles. The van der Waals surface area contributed by atoms with E-state index in [1.165, 1.54) is 0 Å². The van der Waals surface area contributed by atoms with E-state index in [1.54, 1.807) is 37.7 Å². The lowest BCUT2D eigenvalue weighted by Crippen LogP contribution is -2.52. The van der Waals surface area contributed by atoms with Gasteiger partial charge in [0, 0.05) is 41.6 Å². The molecule has 2 bridgehead atoms. The maximum absolute atomic E-state index is 13.1. The molecule has 140 valence electrons. The minimum atomic E-state index is -0.0747. The number of pyridine rings is 1. The van der Waals surface area contributed by atoms with Crippen LogP contribution in [0.3, 0.4) is 0 Å². The van der Waals surface area contributed by atoms with Crippen molar-refractivity contribution in [2.75, 3.05) is 7.11 Å². The van der Waals surface area contributed by atoms with Crippen LogP contribution in [0.5, 0.6) is 5.75 Å². The Balaban J connectivity index is 1.44. The number of nitrogens with one attached hydrogen (secondary N) is 1. The molecule has 2 amide bonds. The number of hydrogen-bond acceptors (Lipinski definition) is 4. The summed E-state index contributed by atoms with van der Waals surface area (Å²) in [5, 5.41) is 3.13. The molecule has 6 nitrogen and oxygen atoms in total. The highest BCUT2D eigenvalue weighted by Crippen LogP contribution is 2.37. The zero-order valence-corrected chi connectivity index (χ0v) is 15.3. The average molecular weight is 365 g/mol. The van der Waals surface area contributed by atoms with E-state index in [1.807, 2.05) is 23.1 Å². The monoisotopic (exact) mass is 365 g/mol. The van der Waals surface area contributed by atoms with Crippen LogP contribution in [0, 0.1) is 0 Å². The summed E-state index contributed by atoms with van der Waals surface area (Å²) in [4.78, 5) is 31.4. The van der Waals surface area contributed by atoms with Crippen LogP contribution in [0.25, 0.3) is 0 Å². The summed E-state index contributed by atoms with van der Waals surface area (Å²) in [5.41, 5.74) is 1.28. The summed E-state index contributed by atoms with van der Waals surface area (Å²) in [6, 6.07) is 11.2. The molecule has 2 aliphatic rings. The summed E-state index contributed by atoms with van der Waals surface area (Å²) in [7, 11) is 1.60. The molecule has 27 heavy (non-hydrogen) atoms. The Labute approximate surface area is 158 Å². The maximum Gasteiger partial charge on any atom is 0.254 e. The average Bonchev–Trinajstić information content (AvgIpc) is 2.98. The van der Waals surface area contributed by atoms with Crippen molar-refractivity contribution in [3.63, 3.8) is 0 Å². The van der Waals surface area contributed by atoms with Gasteiger partial charge in [-0.1, -0.05) is 6.07 Å². The Hall–Kier alpha value is -2.89. The van der Waals surface area contributed by atoms with E-state index >= 15 is 0 Å². The van der Waals surface area contributed by atoms with E-state index in [4.69, 9.17) is 4.74 Å². The number of carbonyl (C=O) groups excluding carboxylic acids is 2. The van der Waals surface area contributed by atoms with Gasteiger partial charge in [-0.2, -0.15) is 0 Å². The molecule has 2 fully saturated rings. The minimum Gasteiger partial charge on any atom is -0.497 e. The summed E-state index contributed by atoms with van der Waals surface area (Å²) in [6.07, 6.45) is 6.80. The first-order valence-corrected chi connectivity index (χ1v) is 9.33. The van der Waals surface area contributed by atoms with Crippen molar-refractivity contribution in [1.82, 2.24) is 15.2 Å². The Morgan fingerprint density at radius 1 is 1.07 bits per heavy atom. The number of rotatable bonds is 4. The Bertz CT molecular complexity index is 826. The van der Waals surface area contributed by atoms with Crippen LogP contribution in [0.2, 0.25) is 0 Å². The molecule has 2 saturated heterocycles. The highest BCUT2D eigenvalue weighted by molar-refractivity contribution is 5.96. The molecule has 0 radical (unpaired) electrons. The number of nitrogens with zero attached hydrogens (tertiary/aromatic N) is 2. The summed E-state index contributed by atoms with van der Waals surface area (Å²) < 4.78 is 5.24. The lowest BCUT2D eigenvalue weighted by Gasteiger charge is -2.39. The molecule has 1 unspecified atom stereocenters. The zero-order valence-electron chi connectivity index (χ0n) is 15.3. The molecule has 0 saturated carbocycles. The first kappa shape index (κ1) is 17.5. The van der Waals surface area contributed by atoms with Crippen molar-refractivity contribution in [2.24, 2.45) is 0 Å². The summed E-state index contributed by atoms with van der Waals surface area (Å²) in [6.45, 7) is 0. The van der Waals surface area contributed by atoms with Crippen LogP contribution < -0.4 is 10.1 Å².